The first-order valence-corrected chi connectivity index (χ1v) is 8.57. The van der Waals surface area contributed by atoms with E-state index in [0.717, 1.165) is 49.8 Å². The van der Waals surface area contributed by atoms with Crippen LogP contribution in [-0.4, -0.2) is 72.8 Å². The monoisotopic (exact) mass is 315 g/mol. The highest BCUT2D eigenvalue weighted by Crippen LogP contribution is 2.27. The summed E-state index contributed by atoms with van der Waals surface area (Å²) in [7, 11) is 3.19. The van der Waals surface area contributed by atoms with Crippen molar-refractivity contribution in [1.29, 1.82) is 0 Å². The first kappa shape index (κ1) is 16.4. The van der Waals surface area contributed by atoms with Crippen molar-refractivity contribution in [1.82, 2.24) is 10.2 Å². The molecule has 2 heterocycles. The van der Waals surface area contributed by atoms with Gasteiger partial charge in [0.05, 0.1) is 18.6 Å². The molecule has 2 fully saturated rings. The predicted molar refractivity (Wildman–Crippen MR) is 84.6 cm³/mol. The second kappa shape index (κ2) is 7.35. The van der Waals surface area contributed by atoms with Crippen LogP contribution in [0.2, 0.25) is 0 Å². The van der Waals surface area contributed by atoms with Crippen LogP contribution in [0.3, 0.4) is 0 Å². The number of aliphatic hydroxyl groups is 1. The van der Waals surface area contributed by atoms with Gasteiger partial charge in [0.1, 0.15) is 0 Å². The maximum absolute atomic E-state index is 11.5. The molecule has 0 aromatic heterocycles. The van der Waals surface area contributed by atoms with Crippen molar-refractivity contribution in [3.05, 3.63) is 0 Å². The van der Waals surface area contributed by atoms with Gasteiger partial charge < -0.3 is 20.1 Å². The number of likely N-dealkylation sites (tertiary alicyclic amines) is 1. The second-order valence-corrected chi connectivity index (χ2v) is 6.82. The summed E-state index contributed by atoms with van der Waals surface area (Å²) in [6.45, 7) is 2.10. The van der Waals surface area contributed by atoms with Crippen LogP contribution in [0, 0.1) is 5.92 Å². The van der Waals surface area contributed by atoms with Crippen molar-refractivity contribution < 1.29 is 14.6 Å². The summed E-state index contributed by atoms with van der Waals surface area (Å²) in [4.78, 5) is 18.0. The Morgan fingerprint density at radius 3 is 2.76 bits per heavy atom. The lowest BCUT2D eigenvalue weighted by Gasteiger charge is -2.34. The average Bonchev–Trinajstić information content (AvgIpc) is 2.94. The van der Waals surface area contributed by atoms with Crippen LogP contribution in [0.4, 0.5) is 0 Å². The quantitative estimate of drug-likeness (QED) is 0.444. The number of esters is 1. The number of rotatable bonds is 3. The van der Waals surface area contributed by atoms with Crippen molar-refractivity contribution in [3.63, 3.8) is 0 Å². The van der Waals surface area contributed by atoms with Crippen LogP contribution >= 0.6 is 11.8 Å². The number of aliphatic imine (C=N–C) groups is 1. The zero-order valence-electron chi connectivity index (χ0n) is 12.8. The molecule has 0 amide bonds. The van der Waals surface area contributed by atoms with E-state index in [1.54, 1.807) is 18.8 Å². The summed E-state index contributed by atoms with van der Waals surface area (Å²) in [6, 6.07) is 0. The summed E-state index contributed by atoms with van der Waals surface area (Å²) >= 11 is 1.79. The molecule has 2 N–H and O–H groups in total. The molecule has 0 aromatic carbocycles. The topological polar surface area (TPSA) is 74.2 Å². The van der Waals surface area contributed by atoms with Crippen molar-refractivity contribution in [2.75, 3.05) is 45.3 Å². The number of nitrogens with zero attached hydrogens (tertiary/aromatic N) is 2. The molecule has 6 nitrogen and oxygen atoms in total. The Hall–Kier alpha value is -0.950. The van der Waals surface area contributed by atoms with Crippen LogP contribution in [0.15, 0.2) is 4.99 Å². The van der Waals surface area contributed by atoms with E-state index >= 15 is 0 Å². The fourth-order valence-corrected chi connectivity index (χ4v) is 4.10. The first-order valence-electron chi connectivity index (χ1n) is 7.41. The Balaban J connectivity index is 1.81. The molecule has 0 spiro atoms. The number of methoxy groups -OCH3 is 1. The van der Waals surface area contributed by atoms with Crippen LogP contribution in [-0.2, 0) is 9.53 Å². The third-order valence-corrected chi connectivity index (χ3v) is 5.43. The number of carbonyl (C=O) groups is 1. The third kappa shape index (κ3) is 4.26. The van der Waals surface area contributed by atoms with Crippen LogP contribution in [0.1, 0.15) is 19.3 Å². The number of piperidine rings is 1. The molecule has 1 unspecified atom stereocenters. The zero-order valence-corrected chi connectivity index (χ0v) is 13.6. The van der Waals surface area contributed by atoms with Crippen molar-refractivity contribution in [2.24, 2.45) is 10.9 Å². The highest BCUT2D eigenvalue weighted by molar-refractivity contribution is 7.99. The average molecular weight is 315 g/mol. The van der Waals surface area contributed by atoms with Gasteiger partial charge in [0, 0.05) is 32.4 Å². The minimum Gasteiger partial charge on any atom is -0.469 e. The lowest BCUT2D eigenvalue weighted by atomic mass is 9.97. The largest absolute Gasteiger partial charge is 0.469 e. The molecule has 0 saturated carbocycles. The maximum atomic E-state index is 11.5. The fraction of sp³-hybridized carbons (Fsp3) is 0.857. The van der Waals surface area contributed by atoms with Gasteiger partial charge in [-0.2, -0.15) is 11.8 Å². The summed E-state index contributed by atoms with van der Waals surface area (Å²) in [5.74, 6) is 2.49. The molecule has 2 saturated heterocycles. The van der Waals surface area contributed by atoms with Crippen LogP contribution in [0.25, 0.3) is 0 Å². The number of nitrogens with one attached hydrogen (secondary N) is 1. The summed E-state index contributed by atoms with van der Waals surface area (Å²) in [6.07, 6.45) is 2.40. The summed E-state index contributed by atoms with van der Waals surface area (Å²) in [5, 5.41) is 13.6. The highest BCUT2D eigenvalue weighted by atomic mass is 32.2. The van der Waals surface area contributed by atoms with Crippen LogP contribution in [0.5, 0.6) is 0 Å². The number of guanidine groups is 1. The van der Waals surface area contributed by atoms with Gasteiger partial charge in [-0.15, -0.1) is 0 Å². The lowest BCUT2D eigenvalue weighted by Crippen LogP contribution is -2.51. The number of hydrogen-bond acceptors (Lipinski definition) is 5. The minimum atomic E-state index is -0.620. The lowest BCUT2D eigenvalue weighted by molar-refractivity contribution is -0.146. The standard InChI is InChI=1S/C14H25N3O3S/c1-15-13(16-9-14(19)5-8-21-10-14)17-6-3-11(4-7-17)12(18)20-2/h11,19H,3-10H2,1-2H3,(H,15,16). The van der Waals surface area contributed by atoms with Crippen molar-refractivity contribution >= 4 is 23.7 Å². The van der Waals surface area contributed by atoms with Gasteiger partial charge in [-0.3, -0.25) is 9.79 Å². The molecular formula is C14H25N3O3S. The normalized spacial score (nSPS) is 27.8. The van der Waals surface area contributed by atoms with Crippen molar-refractivity contribution in [2.45, 2.75) is 24.9 Å². The molecule has 7 heteroatoms. The molecule has 2 aliphatic heterocycles. The van der Waals surface area contributed by atoms with E-state index in [9.17, 15) is 9.90 Å². The highest BCUT2D eigenvalue weighted by Gasteiger charge is 2.33. The van der Waals surface area contributed by atoms with Gasteiger partial charge in [0.15, 0.2) is 5.96 Å². The van der Waals surface area contributed by atoms with Gasteiger partial charge >= 0.3 is 5.97 Å². The van der Waals surface area contributed by atoms with E-state index in [0.29, 0.717) is 6.54 Å². The van der Waals surface area contributed by atoms with E-state index < -0.39 is 5.60 Å². The Kier molecular flexibility index (Phi) is 5.75. The fourth-order valence-electron chi connectivity index (χ4n) is 2.81. The molecule has 21 heavy (non-hydrogen) atoms. The Bertz CT molecular complexity index is 389. The SMILES string of the molecule is CN=C(NCC1(O)CCSC1)N1CCC(C(=O)OC)CC1. The molecule has 1 atom stereocenters. The van der Waals surface area contributed by atoms with Gasteiger partial charge in [0.25, 0.3) is 0 Å². The van der Waals surface area contributed by atoms with Gasteiger partial charge in [-0.1, -0.05) is 0 Å². The first-order chi connectivity index (χ1) is 10.1. The second-order valence-electron chi connectivity index (χ2n) is 5.71. The van der Waals surface area contributed by atoms with Crippen molar-refractivity contribution in [3.8, 4) is 0 Å². The Labute approximate surface area is 130 Å². The van der Waals surface area contributed by atoms with E-state index in [-0.39, 0.29) is 11.9 Å². The van der Waals surface area contributed by atoms with E-state index in [1.807, 2.05) is 0 Å². The van der Waals surface area contributed by atoms with E-state index in [2.05, 4.69) is 15.2 Å². The number of carbonyl (C=O) groups excluding carboxylic acids is 1. The number of ether oxygens (including phenoxy) is 1. The smallest absolute Gasteiger partial charge is 0.308 e. The van der Waals surface area contributed by atoms with E-state index in [1.165, 1.54) is 7.11 Å². The third-order valence-electron chi connectivity index (χ3n) is 4.20. The molecular weight excluding hydrogens is 290 g/mol. The molecule has 2 rings (SSSR count). The molecule has 0 aliphatic carbocycles. The summed E-state index contributed by atoms with van der Waals surface area (Å²) in [5.41, 5.74) is -0.620. The van der Waals surface area contributed by atoms with Gasteiger partial charge in [-0.25, -0.2) is 0 Å². The Morgan fingerprint density at radius 2 is 2.24 bits per heavy atom. The molecule has 0 radical (unpaired) electrons. The molecule has 0 bridgehead atoms. The van der Waals surface area contributed by atoms with Gasteiger partial charge in [-0.05, 0) is 25.0 Å². The molecule has 0 aromatic rings. The van der Waals surface area contributed by atoms with Gasteiger partial charge in [0.2, 0.25) is 0 Å². The molecule has 2 aliphatic rings. The maximum Gasteiger partial charge on any atom is 0.308 e. The van der Waals surface area contributed by atoms with Crippen LogP contribution < -0.4 is 5.32 Å². The zero-order chi connectivity index (χ0) is 15.3. The number of thioether (sulfide) groups is 1. The minimum absolute atomic E-state index is 0.000211. The molecule has 120 valence electrons. The van der Waals surface area contributed by atoms with E-state index in [4.69, 9.17) is 4.74 Å². The number of hydrogen-bond donors (Lipinski definition) is 2. The predicted octanol–water partition coefficient (Wildman–Crippen LogP) is 0.315. The Morgan fingerprint density at radius 1 is 1.52 bits per heavy atom. The summed E-state index contributed by atoms with van der Waals surface area (Å²) < 4.78 is 4.80.